The van der Waals surface area contributed by atoms with Crippen molar-refractivity contribution in [3.05, 3.63) is 35.3 Å². The number of nitrogen functional groups attached to an aromatic ring is 1. The molecule has 0 bridgehead atoms. The van der Waals surface area contributed by atoms with E-state index in [-0.39, 0.29) is 0 Å². The summed E-state index contributed by atoms with van der Waals surface area (Å²) in [6.45, 7) is 0. The Hall–Kier alpha value is -2.08. The number of nitrogens with two attached hydrogens (primary N) is 1. The Morgan fingerprint density at radius 1 is 1.31 bits per heavy atom. The number of benzene rings is 1. The molecular formula is C10H8N4OS. The molecule has 0 radical (unpaired) electrons. The van der Waals surface area contributed by atoms with Crippen LogP contribution in [0.25, 0.3) is 0 Å². The second kappa shape index (κ2) is 4.63. The Balaban J connectivity index is 2.21. The van der Waals surface area contributed by atoms with Gasteiger partial charge in [0.25, 0.3) is 0 Å². The molecule has 16 heavy (non-hydrogen) atoms. The van der Waals surface area contributed by atoms with Crippen molar-refractivity contribution in [2.75, 3.05) is 5.73 Å². The third kappa shape index (κ3) is 2.29. The largest absolute Gasteiger partial charge is 0.397 e. The summed E-state index contributed by atoms with van der Waals surface area (Å²) in [5.41, 5.74) is 6.83. The number of anilines is 1. The Labute approximate surface area is 95.7 Å². The summed E-state index contributed by atoms with van der Waals surface area (Å²) >= 11 is 1.18. The lowest BCUT2D eigenvalue weighted by atomic mass is 10.3. The van der Waals surface area contributed by atoms with Crippen molar-refractivity contribution >= 4 is 34.1 Å². The van der Waals surface area contributed by atoms with Gasteiger partial charge in [0.2, 0.25) is 5.13 Å². The minimum atomic E-state index is 0.436. The SMILES string of the molecule is Nc1ccccc1N=Nc1ncc(C=O)s1. The van der Waals surface area contributed by atoms with Crippen LogP contribution in [0.15, 0.2) is 40.7 Å². The normalized spacial score (nSPS) is 10.8. The van der Waals surface area contributed by atoms with Gasteiger partial charge in [-0.05, 0) is 12.1 Å². The maximum absolute atomic E-state index is 10.4. The van der Waals surface area contributed by atoms with E-state index in [1.165, 1.54) is 17.5 Å². The molecule has 1 aromatic heterocycles. The fourth-order valence-electron chi connectivity index (χ4n) is 1.05. The third-order valence-electron chi connectivity index (χ3n) is 1.81. The molecule has 1 aromatic carbocycles. The minimum absolute atomic E-state index is 0.436. The van der Waals surface area contributed by atoms with Gasteiger partial charge in [-0.25, -0.2) is 4.98 Å². The highest BCUT2D eigenvalue weighted by Gasteiger charge is 1.99. The van der Waals surface area contributed by atoms with Gasteiger partial charge in [-0.3, -0.25) is 4.79 Å². The van der Waals surface area contributed by atoms with Crippen molar-refractivity contribution < 1.29 is 4.79 Å². The first-order valence-corrected chi connectivity index (χ1v) is 5.28. The van der Waals surface area contributed by atoms with Gasteiger partial charge in [-0.2, -0.15) is 0 Å². The molecule has 5 nitrogen and oxygen atoms in total. The summed E-state index contributed by atoms with van der Waals surface area (Å²) in [7, 11) is 0. The molecule has 2 aromatic rings. The molecule has 0 spiro atoms. The summed E-state index contributed by atoms with van der Waals surface area (Å²) in [4.78, 5) is 14.9. The van der Waals surface area contributed by atoms with Gasteiger partial charge in [0.15, 0.2) is 6.29 Å². The van der Waals surface area contributed by atoms with Gasteiger partial charge >= 0.3 is 0 Å². The predicted molar refractivity (Wildman–Crippen MR) is 62.5 cm³/mol. The van der Waals surface area contributed by atoms with Gasteiger partial charge in [0.1, 0.15) is 5.69 Å². The summed E-state index contributed by atoms with van der Waals surface area (Å²) in [5.74, 6) is 0. The van der Waals surface area contributed by atoms with Crippen molar-refractivity contribution in [2.45, 2.75) is 0 Å². The number of carbonyl (C=O) groups excluding carboxylic acids is 1. The van der Waals surface area contributed by atoms with Crippen LogP contribution in [0.4, 0.5) is 16.5 Å². The average Bonchev–Trinajstić information content (AvgIpc) is 2.76. The number of azo groups is 1. The lowest BCUT2D eigenvalue weighted by Gasteiger charge is -1.95. The highest BCUT2D eigenvalue weighted by molar-refractivity contribution is 7.16. The number of rotatable bonds is 3. The van der Waals surface area contributed by atoms with Crippen LogP contribution in [-0.4, -0.2) is 11.3 Å². The second-order valence-corrected chi connectivity index (χ2v) is 3.96. The summed E-state index contributed by atoms with van der Waals surface area (Å²) in [6.07, 6.45) is 2.19. The zero-order valence-electron chi connectivity index (χ0n) is 8.20. The lowest BCUT2D eigenvalue weighted by Crippen LogP contribution is -1.82. The van der Waals surface area contributed by atoms with Crippen LogP contribution in [0.1, 0.15) is 9.67 Å². The van der Waals surface area contributed by atoms with Crippen LogP contribution in [0.5, 0.6) is 0 Å². The smallest absolute Gasteiger partial charge is 0.230 e. The molecule has 0 saturated heterocycles. The fraction of sp³-hybridized carbons (Fsp3) is 0. The monoisotopic (exact) mass is 232 g/mol. The van der Waals surface area contributed by atoms with E-state index < -0.39 is 0 Å². The van der Waals surface area contributed by atoms with Crippen molar-refractivity contribution in [1.82, 2.24) is 4.98 Å². The van der Waals surface area contributed by atoms with Gasteiger partial charge in [0, 0.05) is 0 Å². The Bertz CT molecular complexity index is 535. The van der Waals surface area contributed by atoms with E-state index in [9.17, 15) is 4.79 Å². The highest BCUT2D eigenvalue weighted by Crippen LogP contribution is 2.25. The topological polar surface area (TPSA) is 80.7 Å². The van der Waals surface area contributed by atoms with E-state index in [0.29, 0.717) is 21.4 Å². The van der Waals surface area contributed by atoms with Crippen LogP contribution in [0.3, 0.4) is 0 Å². The molecular weight excluding hydrogens is 224 g/mol. The Morgan fingerprint density at radius 3 is 2.81 bits per heavy atom. The molecule has 0 unspecified atom stereocenters. The maximum Gasteiger partial charge on any atom is 0.230 e. The maximum atomic E-state index is 10.4. The van der Waals surface area contributed by atoms with E-state index >= 15 is 0 Å². The van der Waals surface area contributed by atoms with Gasteiger partial charge < -0.3 is 5.73 Å². The standard InChI is InChI=1S/C10H8N4OS/c11-8-3-1-2-4-9(8)13-14-10-12-5-7(6-15)16-10/h1-6H,11H2. The zero-order chi connectivity index (χ0) is 11.4. The van der Waals surface area contributed by atoms with E-state index in [2.05, 4.69) is 15.2 Å². The van der Waals surface area contributed by atoms with Gasteiger partial charge in [0.05, 0.1) is 16.8 Å². The molecule has 0 aliphatic carbocycles. The number of hydrogen-bond acceptors (Lipinski definition) is 6. The molecule has 0 fully saturated rings. The first kappa shape index (κ1) is 10.4. The predicted octanol–water partition coefficient (Wildman–Crippen LogP) is 2.95. The lowest BCUT2D eigenvalue weighted by molar-refractivity contribution is 0.112. The zero-order valence-corrected chi connectivity index (χ0v) is 9.02. The van der Waals surface area contributed by atoms with E-state index in [1.807, 2.05) is 12.1 Å². The number of carbonyl (C=O) groups is 1. The van der Waals surface area contributed by atoms with Crippen molar-refractivity contribution in [3.63, 3.8) is 0 Å². The second-order valence-electron chi connectivity index (χ2n) is 2.92. The number of thiazole rings is 1. The Kier molecular flexibility index (Phi) is 3.02. The van der Waals surface area contributed by atoms with E-state index in [4.69, 9.17) is 5.73 Å². The fourth-order valence-corrected chi connectivity index (χ4v) is 1.60. The van der Waals surface area contributed by atoms with Crippen LogP contribution in [0, 0.1) is 0 Å². The molecule has 0 amide bonds. The average molecular weight is 232 g/mol. The molecule has 0 aliphatic rings. The number of nitrogens with zero attached hydrogens (tertiary/aromatic N) is 3. The minimum Gasteiger partial charge on any atom is -0.397 e. The third-order valence-corrected chi connectivity index (χ3v) is 2.61. The highest BCUT2D eigenvalue weighted by atomic mass is 32.1. The molecule has 0 saturated carbocycles. The van der Waals surface area contributed by atoms with Crippen LogP contribution >= 0.6 is 11.3 Å². The quantitative estimate of drug-likeness (QED) is 0.501. The molecule has 2 rings (SSSR count). The van der Waals surface area contributed by atoms with Gasteiger partial charge in [-0.15, -0.1) is 10.2 Å². The van der Waals surface area contributed by atoms with Crippen molar-refractivity contribution in [3.8, 4) is 0 Å². The van der Waals surface area contributed by atoms with E-state index in [1.54, 1.807) is 12.1 Å². The molecule has 0 aliphatic heterocycles. The molecule has 2 N–H and O–H groups in total. The summed E-state index contributed by atoms with van der Waals surface area (Å²) < 4.78 is 0. The molecule has 6 heteroatoms. The van der Waals surface area contributed by atoms with Gasteiger partial charge in [-0.1, -0.05) is 23.5 Å². The molecule has 1 heterocycles. The number of aldehydes is 1. The number of hydrogen-bond donors (Lipinski definition) is 1. The first-order chi connectivity index (χ1) is 7.79. The van der Waals surface area contributed by atoms with E-state index in [0.717, 1.165) is 6.29 Å². The summed E-state index contributed by atoms with van der Waals surface area (Å²) in [5, 5.41) is 8.29. The molecule has 0 atom stereocenters. The van der Waals surface area contributed by atoms with Crippen LogP contribution in [0.2, 0.25) is 0 Å². The van der Waals surface area contributed by atoms with Crippen LogP contribution < -0.4 is 5.73 Å². The van der Waals surface area contributed by atoms with Crippen molar-refractivity contribution in [1.29, 1.82) is 0 Å². The number of para-hydroxylation sites is 1. The first-order valence-electron chi connectivity index (χ1n) is 4.47. The Morgan fingerprint density at radius 2 is 2.12 bits per heavy atom. The van der Waals surface area contributed by atoms with Crippen molar-refractivity contribution in [2.24, 2.45) is 10.2 Å². The van der Waals surface area contributed by atoms with Crippen LogP contribution in [-0.2, 0) is 0 Å². The molecule has 80 valence electrons. The summed E-state index contributed by atoms with van der Waals surface area (Å²) in [6, 6.07) is 7.14. The number of aromatic nitrogens is 1.